The Morgan fingerprint density at radius 1 is 1.00 bits per heavy atom. The summed E-state index contributed by atoms with van der Waals surface area (Å²) < 4.78 is 26.9. The minimum Gasteiger partial charge on any atom is -0.506 e. The normalized spacial score (nSPS) is 14.9. The first-order valence-electron chi connectivity index (χ1n) is 7.33. The van der Waals surface area contributed by atoms with Gasteiger partial charge in [0, 0.05) is 26.2 Å². The minimum absolute atomic E-state index is 0.184. The van der Waals surface area contributed by atoms with Crippen molar-refractivity contribution in [3.63, 3.8) is 0 Å². The topological polar surface area (TPSA) is 43.8 Å². The lowest BCUT2D eigenvalue weighted by Gasteiger charge is -2.36. The van der Waals surface area contributed by atoms with Gasteiger partial charge in [0.25, 0.3) is 5.91 Å². The zero-order valence-corrected chi connectivity index (χ0v) is 12.4. The third kappa shape index (κ3) is 3.11. The Kier molecular flexibility index (Phi) is 4.14. The van der Waals surface area contributed by atoms with E-state index >= 15 is 0 Å². The Morgan fingerprint density at radius 2 is 1.70 bits per heavy atom. The number of phenolic OH excluding ortho intramolecular Hbond substituents is 1. The summed E-state index contributed by atoms with van der Waals surface area (Å²) in [4.78, 5) is 15.8. The molecule has 0 saturated carbocycles. The molecule has 0 radical (unpaired) electrons. The largest absolute Gasteiger partial charge is 0.506 e. The summed E-state index contributed by atoms with van der Waals surface area (Å²) in [6.07, 6.45) is 0. The van der Waals surface area contributed by atoms with Gasteiger partial charge in [0.1, 0.15) is 17.4 Å². The van der Waals surface area contributed by atoms with E-state index in [2.05, 4.69) is 0 Å². The van der Waals surface area contributed by atoms with Gasteiger partial charge >= 0.3 is 0 Å². The molecule has 4 nitrogen and oxygen atoms in total. The number of aromatic hydroxyl groups is 1. The quantitative estimate of drug-likeness (QED) is 0.926. The number of carbonyl (C=O) groups excluding carboxylic acids is 1. The van der Waals surface area contributed by atoms with E-state index in [0.717, 1.165) is 18.2 Å². The molecule has 1 saturated heterocycles. The number of halogens is 2. The highest BCUT2D eigenvalue weighted by atomic mass is 19.1. The van der Waals surface area contributed by atoms with Crippen molar-refractivity contribution in [1.82, 2.24) is 4.90 Å². The Bertz CT molecular complexity index is 728. The highest BCUT2D eigenvalue weighted by Crippen LogP contribution is 2.27. The van der Waals surface area contributed by atoms with Crippen molar-refractivity contribution in [1.29, 1.82) is 0 Å². The molecule has 1 aliphatic heterocycles. The summed E-state index contributed by atoms with van der Waals surface area (Å²) in [6, 6.07) is 9.85. The number of benzene rings is 2. The first kappa shape index (κ1) is 15.3. The number of para-hydroxylation sites is 2. The second kappa shape index (κ2) is 6.24. The van der Waals surface area contributed by atoms with Gasteiger partial charge in [-0.1, -0.05) is 12.1 Å². The number of anilines is 1. The summed E-state index contributed by atoms with van der Waals surface area (Å²) in [6.45, 7) is 1.78. The van der Waals surface area contributed by atoms with E-state index in [-0.39, 0.29) is 11.3 Å². The van der Waals surface area contributed by atoms with Crippen LogP contribution in [0.15, 0.2) is 42.5 Å². The molecule has 0 bridgehead atoms. The van der Waals surface area contributed by atoms with Gasteiger partial charge < -0.3 is 14.9 Å². The average Bonchev–Trinajstić information content (AvgIpc) is 2.57. The van der Waals surface area contributed by atoms with Crippen LogP contribution >= 0.6 is 0 Å². The molecule has 23 heavy (non-hydrogen) atoms. The molecule has 1 aliphatic rings. The molecule has 1 fully saturated rings. The fourth-order valence-electron chi connectivity index (χ4n) is 2.71. The molecule has 0 atom stereocenters. The molecule has 2 aromatic rings. The van der Waals surface area contributed by atoms with E-state index in [0.29, 0.717) is 31.9 Å². The number of rotatable bonds is 2. The van der Waals surface area contributed by atoms with E-state index in [4.69, 9.17) is 0 Å². The maximum atomic E-state index is 13.7. The van der Waals surface area contributed by atoms with Gasteiger partial charge in [-0.2, -0.15) is 0 Å². The minimum atomic E-state index is -0.723. The monoisotopic (exact) mass is 318 g/mol. The molecule has 0 spiro atoms. The van der Waals surface area contributed by atoms with Crippen molar-refractivity contribution in [3.05, 3.63) is 59.7 Å². The molecular formula is C17H16F2N2O2. The lowest BCUT2D eigenvalue weighted by atomic mass is 10.1. The highest BCUT2D eigenvalue weighted by molar-refractivity contribution is 5.94. The molecule has 1 heterocycles. The fraction of sp³-hybridized carbons (Fsp3) is 0.235. The van der Waals surface area contributed by atoms with Gasteiger partial charge in [-0.25, -0.2) is 8.78 Å². The molecule has 2 aromatic carbocycles. The summed E-state index contributed by atoms with van der Waals surface area (Å²) in [7, 11) is 0. The molecule has 120 valence electrons. The van der Waals surface area contributed by atoms with Crippen LogP contribution in [0.5, 0.6) is 5.75 Å². The Hall–Kier alpha value is -2.63. The zero-order chi connectivity index (χ0) is 16.4. The SMILES string of the molecule is O=C(c1cc(F)ccc1F)N1CCN(c2ccccc2O)CC1. The number of hydrogen-bond donors (Lipinski definition) is 1. The van der Waals surface area contributed by atoms with Crippen LogP contribution in [-0.2, 0) is 0 Å². The summed E-state index contributed by atoms with van der Waals surface area (Å²) in [5, 5.41) is 9.87. The van der Waals surface area contributed by atoms with E-state index in [1.807, 2.05) is 11.0 Å². The fourth-order valence-corrected chi connectivity index (χ4v) is 2.71. The molecule has 1 N–H and O–H groups in total. The van der Waals surface area contributed by atoms with Gasteiger partial charge in [-0.3, -0.25) is 4.79 Å². The number of carbonyl (C=O) groups is 1. The first-order chi connectivity index (χ1) is 11.1. The first-order valence-corrected chi connectivity index (χ1v) is 7.33. The molecule has 1 amide bonds. The van der Waals surface area contributed by atoms with Crippen molar-refractivity contribution < 1.29 is 18.7 Å². The lowest BCUT2D eigenvalue weighted by Crippen LogP contribution is -2.49. The molecule has 0 aromatic heterocycles. The average molecular weight is 318 g/mol. The number of hydrogen-bond acceptors (Lipinski definition) is 3. The van der Waals surface area contributed by atoms with Crippen LogP contribution in [0, 0.1) is 11.6 Å². The molecule has 3 rings (SSSR count). The van der Waals surface area contributed by atoms with E-state index < -0.39 is 17.5 Å². The van der Waals surface area contributed by atoms with E-state index in [1.165, 1.54) is 4.90 Å². The standard InChI is InChI=1S/C17H16F2N2O2/c18-12-5-6-14(19)13(11-12)17(23)21-9-7-20(8-10-21)15-3-1-2-4-16(15)22/h1-6,11,22H,7-10H2. The number of amides is 1. The van der Waals surface area contributed by atoms with Crippen LogP contribution in [-0.4, -0.2) is 42.1 Å². The number of phenols is 1. The third-order valence-corrected chi connectivity index (χ3v) is 3.95. The van der Waals surface area contributed by atoms with Gasteiger partial charge in [0.2, 0.25) is 0 Å². The molecule has 0 unspecified atom stereocenters. The van der Waals surface area contributed by atoms with Crippen LogP contribution in [0.2, 0.25) is 0 Å². The summed E-state index contributed by atoms with van der Waals surface area (Å²) in [5.41, 5.74) is 0.456. The highest BCUT2D eigenvalue weighted by Gasteiger charge is 2.25. The Labute approximate surface area is 132 Å². The van der Waals surface area contributed by atoms with Crippen molar-refractivity contribution in [2.75, 3.05) is 31.1 Å². The van der Waals surface area contributed by atoms with Crippen LogP contribution in [0.3, 0.4) is 0 Å². The predicted molar refractivity (Wildman–Crippen MR) is 82.6 cm³/mol. The molecular weight excluding hydrogens is 302 g/mol. The smallest absolute Gasteiger partial charge is 0.257 e. The molecule has 6 heteroatoms. The maximum absolute atomic E-state index is 13.7. The summed E-state index contributed by atoms with van der Waals surface area (Å²) >= 11 is 0. The maximum Gasteiger partial charge on any atom is 0.257 e. The van der Waals surface area contributed by atoms with Crippen molar-refractivity contribution in [3.8, 4) is 5.75 Å². The van der Waals surface area contributed by atoms with Crippen molar-refractivity contribution in [2.45, 2.75) is 0 Å². The van der Waals surface area contributed by atoms with Crippen molar-refractivity contribution >= 4 is 11.6 Å². The number of piperazine rings is 1. The van der Waals surface area contributed by atoms with Crippen molar-refractivity contribution in [2.24, 2.45) is 0 Å². The van der Waals surface area contributed by atoms with Gasteiger partial charge in [0.15, 0.2) is 0 Å². The van der Waals surface area contributed by atoms with Crippen LogP contribution in [0.25, 0.3) is 0 Å². The Balaban J connectivity index is 1.70. The lowest BCUT2D eigenvalue weighted by molar-refractivity contribution is 0.0741. The van der Waals surface area contributed by atoms with E-state index in [9.17, 15) is 18.7 Å². The summed E-state index contributed by atoms with van der Waals surface area (Å²) in [5.74, 6) is -1.69. The van der Waals surface area contributed by atoms with Crippen LogP contribution in [0.4, 0.5) is 14.5 Å². The zero-order valence-electron chi connectivity index (χ0n) is 12.4. The number of nitrogens with zero attached hydrogens (tertiary/aromatic N) is 2. The second-order valence-corrected chi connectivity index (χ2v) is 5.39. The Morgan fingerprint density at radius 3 is 2.39 bits per heavy atom. The predicted octanol–water partition coefficient (Wildman–Crippen LogP) is 2.63. The van der Waals surface area contributed by atoms with Gasteiger partial charge in [-0.05, 0) is 30.3 Å². The third-order valence-electron chi connectivity index (χ3n) is 3.95. The van der Waals surface area contributed by atoms with Crippen LogP contribution < -0.4 is 4.90 Å². The van der Waals surface area contributed by atoms with Gasteiger partial charge in [0.05, 0.1) is 11.3 Å². The van der Waals surface area contributed by atoms with Gasteiger partial charge in [-0.15, -0.1) is 0 Å². The van der Waals surface area contributed by atoms with E-state index in [1.54, 1.807) is 18.2 Å². The molecule has 0 aliphatic carbocycles. The van der Waals surface area contributed by atoms with Crippen LogP contribution in [0.1, 0.15) is 10.4 Å². The second-order valence-electron chi connectivity index (χ2n) is 5.39.